The van der Waals surface area contributed by atoms with Crippen molar-refractivity contribution >= 4 is 15.7 Å². The molecule has 1 aromatic carbocycles. The standard InChI is InChI=1S/C14H21NO3S/c1-4-8-11(3)15-14(16)12-9-6-7-10-13(12)19(17,18)5-2/h6-7,9-11H,4-5,8H2,1-3H3,(H,15,16)/t11-/m1/s1. The van der Waals surface area contributed by atoms with Crippen molar-refractivity contribution in [1.29, 1.82) is 0 Å². The summed E-state index contributed by atoms with van der Waals surface area (Å²) in [5.41, 5.74) is 0.229. The molecule has 0 aromatic heterocycles. The zero-order chi connectivity index (χ0) is 14.5. The molecule has 0 bridgehead atoms. The molecule has 0 saturated heterocycles. The lowest BCUT2D eigenvalue weighted by Gasteiger charge is -2.14. The van der Waals surface area contributed by atoms with E-state index in [-0.39, 0.29) is 28.2 Å². The van der Waals surface area contributed by atoms with Crippen molar-refractivity contribution in [2.75, 3.05) is 5.75 Å². The van der Waals surface area contributed by atoms with E-state index in [4.69, 9.17) is 0 Å². The summed E-state index contributed by atoms with van der Waals surface area (Å²) >= 11 is 0. The summed E-state index contributed by atoms with van der Waals surface area (Å²) in [7, 11) is -3.38. The molecule has 0 spiro atoms. The van der Waals surface area contributed by atoms with Gasteiger partial charge in [0.05, 0.1) is 16.2 Å². The first-order chi connectivity index (χ1) is 8.92. The lowest BCUT2D eigenvalue weighted by molar-refractivity contribution is 0.0935. The van der Waals surface area contributed by atoms with Crippen molar-refractivity contribution in [2.45, 2.75) is 44.6 Å². The average molecular weight is 283 g/mol. The lowest BCUT2D eigenvalue weighted by Crippen LogP contribution is -2.33. The van der Waals surface area contributed by atoms with Crippen LogP contribution < -0.4 is 5.32 Å². The van der Waals surface area contributed by atoms with Gasteiger partial charge in [-0.05, 0) is 25.5 Å². The van der Waals surface area contributed by atoms with Crippen molar-refractivity contribution in [2.24, 2.45) is 0 Å². The van der Waals surface area contributed by atoms with Gasteiger partial charge in [0.1, 0.15) is 0 Å². The molecule has 4 nitrogen and oxygen atoms in total. The molecule has 0 fully saturated rings. The smallest absolute Gasteiger partial charge is 0.252 e. The van der Waals surface area contributed by atoms with Crippen LogP contribution in [0.15, 0.2) is 29.2 Å². The topological polar surface area (TPSA) is 63.2 Å². The van der Waals surface area contributed by atoms with Gasteiger partial charge in [0.25, 0.3) is 5.91 Å². The van der Waals surface area contributed by atoms with Crippen LogP contribution in [0, 0.1) is 0 Å². The fourth-order valence-electron chi connectivity index (χ4n) is 1.89. The molecule has 106 valence electrons. The Hall–Kier alpha value is -1.36. The Labute approximate surface area is 115 Å². The van der Waals surface area contributed by atoms with Crippen LogP contribution in [-0.2, 0) is 9.84 Å². The number of carbonyl (C=O) groups excluding carboxylic acids is 1. The zero-order valence-corrected chi connectivity index (χ0v) is 12.5. The zero-order valence-electron chi connectivity index (χ0n) is 11.6. The third-order valence-corrected chi connectivity index (χ3v) is 4.73. The first kappa shape index (κ1) is 15.7. The summed E-state index contributed by atoms with van der Waals surface area (Å²) < 4.78 is 23.9. The number of carbonyl (C=O) groups is 1. The third kappa shape index (κ3) is 4.06. The second-order valence-electron chi connectivity index (χ2n) is 4.56. The van der Waals surface area contributed by atoms with Crippen LogP contribution >= 0.6 is 0 Å². The first-order valence-corrected chi connectivity index (χ1v) is 8.20. The molecule has 0 aliphatic carbocycles. The highest BCUT2D eigenvalue weighted by atomic mass is 32.2. The van der Waals surface area contributed by atoms with Crippen LogP contribution in [0.25, 0.3) is 0 Å². The van der Waals surface area contributed by atoms with Gasteiger partial charge in [0.2, 0.25) is 0 Å². The quantitative estimate of drug-likeness (QED) is 0.872. The van der Waals surface area contributed by atoms with Gasteiger partial charge in [-0.15, -0.1) is 0 Å². The van der Waals surface area contributed by atoms with E-state index in [1.165, 1.54) is 6.07 Å². The van der Waals surface area contributed by atoms with Crippen LogP contribution in [0.1, 0.15) is 44.0 Å². The van der Waals surface area contributed by atoms with E-state index in [2.05, 4.69) is 5.32 Å². The molecule has 0 radical (unpaired) electrons. The SMILES string of the molecule is CCC[C@@H](C)NC(=O)c1ccccc1S(=O)(=O)CC. The number of sulfone groups is 1. The molecule has 0 saturated carbocycles. The summed E-state index contributed by atoms with van der Waals surface area (Å²) in [6.07, 6.45) is 1.84. The highest BCUT2D eigenvalue weighted by Gasteiger charge is 2.21. The summed E-state index contributed by atoms with van der Waals surface area (Å²) in [6.45, 7) is 5.53. The van der Waals surface area contributed by atoms with E-state index in [0.29, 0.717) is 0 Å². The molecule has 0 heterocycles. The second-order valence-corrected chi connectivity index (χ2v) is 6.81. The molecule has 1 aromatic rings. The maximum atomic E-state index is 12.1. The molecule has 0 aliphatic rings. The number of amides is 1. The highest BCUT2D eigenvalue weighted by Crippen LogP contribution is 2.17. The van der Waals surface area contributed by atoms with Gasteiger partial charge in [0, 0.05) is 6.04 Å². The number of hydrogen-bond acceptors (Lipinski definition) is 3. The molecule has 19 heavy (non-hydrogen) atoms. The van der Waals surface area contributed by atoms with Crippen LogP contribution in [0.5, 0.6) is 0 Å². The summed E-state index contributed by atoms with van der Waals surface area (Å²) in [6, 6.07) is 6.38. The normalized spacial score (nSPS) is 13.0. The highest BCUT2D eigenvalue weighted by molar-refractivity contribution is 7.91. The molecule has 0 aliphatic heterocycles. The largest absolute Gasteiger partial charge is 0.350 e. The predicted molar refractivity (Wildman–Crippen MR) is 76.0 cm³/mol. The van der Waals surface area contributed by atoms with Crippen LogP contribution in [0.3, 0.4) is 0 Å². The Bertz CT molecular complexity index is 537. The summed E-state index contributed by atoms with van der Waals surface area (Å²) in [5.74, 6) is -0.337. The van der Waals surface area contributed by atoms with Gasteiger partial charge in [-0.1, -0.05) is 32.4 Å². The number of nitrogens with one attached hydrogen (secondary N) is 1. The van der Waals surface area contributed by atoms with Gasteiger partial charge < -0.3 is 5.32 Å². The van der Waals surface area contributed by atoms with E-state index >= 15 is 0 Å². The first-order valence-electron chi connectivity index (χ1n) is 6.55. The Morgan fingerprint density at radius 2 is 1.89 bits per heavy atom. The molecule has 1 N–H and O–H groups in total. The number of hydrogen-bond donors (Lipinski definition) is 1. The number of rotatable bonds is 6. The Balaban J connectivity index is 3.05. The second kappa shape index (κ2) is 6.70. The molecular formula is C14H21NO3S. The van der Waals surface area contributed by atoms with E-state index in [1.807, 2.05) is 13.8 Å². The number of benzene rings is 1. The van der Waals surface area contributed by atoms with Gasteiger partial charge in [-0.25, -0.2) is 8.42 Å². The molecule has 1 amide bonds. The van der Waals surface area contributed by atoms with E-state index in [1.54, 1.807) is 25.1 Å². The van der Waals surface area contributed by atoms with Crippen LogP contribution in [-0.4, -0.2) is 26.1 Å². The molecule has 5 heteroatoms. The molecule has 0 unspecified atom stereocenters. The molecule has 1 rings (SSSR count). The molecular weight excluding hydrogens is 262 g/mol. The van der Waals surface area contributed by atoms with Crippen LogP contribution in [0.2, 0.25) is 0 Å². The van der Waals surface area contributed by atoms with Crippen molar-refractivity contribution in [3.8, 4) is 0 Å². The molecule has 1 atom stereocenters. The van der Waals surface area contributed by atoms with E-state index < -0.39 is 9.84 Å². The lowest BCUT2D eigenvalue weighted by atomic mass is 10.1. The van der Waals surface area contributed by atoms with E-state index in [0.717, 1.165) is 12.8 Å². The Morgan fingerprint density at radius 3 is 2.47 bits per heavy atom. The fourth-order valence-corrected chi connectivity index (χ4v) is 2.98. The van der Waals surface area contributed by atoms with Gasteiger partial charge in [-0.2, -0.15) is 0 Å². The predicted octanol–water partition coefficient (Wildman–Crippen LogP) is 2.40. The third-order valence-electron chi connectivity index (χ3n) is 2.95. The van der Waals surface area contributed by atoms with Crippen LogP contribution in [0.4, 0.5) is 0 Å². The van der Waals surface area contributed by atoms with Crippen molar-refractivity contribution in [3.05, 3.63) is 29.8 Å². The van der Waals surface area contributed by atoms with Gasteiger partial charge in [0.15, 0.2) is 9.84 Å². The fraction of sp³-hybridized carbons (Fsp3) is 0.500. The minimum atomic E-state index is -3.38. The minimum Gasteiger partial charge on any atom is -0.350 e. The van der Waals surface area contributed by atoms with Crippen molar-refractivity contribution in [3.63, 3.8) is 0 Å². The maximum Gasteiger partial charge on any atom is 0.252 e. The summed E-state index contributed by atoms with van der Waals surface area (Å²) in [5, 5.41) is 2.83. The van der Waals surface area contributed by atoms with Crippen molar-refractivity contribution < 1.29 is 13.2 Å². The Kier molecular flexibility index (Phi) is 5.54. The van der Waals surface area contributed by atoms with Gasteiger partial charge in [-0.3, -0.25) is 4.79 Å². The maximum absolute atomic E-state index is 12.1. The van der Waals surface area contributed by atoms with Gasteiger partial charge >= 0.3 is 0 Å². The monoisotopic (exact) mass is 283 g/mol. The summed E-state index contributed by atoms with van der Waals surface area (Å²) in [4.78, 5) is 12.2. The van der Waals surface area contributed by atoms with Crippen molar-refractivity contribution in [1.82, 2.24) is 5.32 Å². The Morgan fingerprint density at radius 1 is 1.26 bits per heavy atom. The minimum absolute atomic E-state index is 0.0121. The van der Waals surface area contributed by atoms with E-state index in [9.17, 15) is 13.2 Å². The average Bonchev–Trinajstić information content (AvgIpc) is 2.39.